The Labute approximate surface area is 174 Å². The molecule has 1 unspecified atom stereocenters. The molecule has 2 aromatic carbocycles. The molecule has 0 radical (unpaired) electrons. The van der Waals surface area contributed by atoms with Crippen LogP contribution in [0, 0.1) is 0 Å². The summed E-state index contributed by atoms with van der Waals surface area (Å²) in [6.07, 6.45) is 7.65. The van der Waals surface area contributed by atoms with Crippen molar-refractivity contribution >= 4 is 34.4 Å². The van der Waals surface area contributed by atoms with E-state index in [9.17, 15) is 4.79 Å². The highest BCUT2D eigenvalue weighted by Crippen LogP contribution is 2.41. The standard InChI is InChI=1S/C24H20ClN3O/c1-15-21(23(29)17-7-3-2-4-8-17)22(16-11-13-18(25)14-12-16)28-20-10-6-5-9-19(20)27-24(28)26-15/h2-3,5-7,9-14,22H,4,8H2,1H3,(H,26,27). The Morgan fingerprint density at radius 1 is 1.17 bits per heavy atom. The highest BCUT2D eigenvalue weighted by Gasteiger charge is 2.34. The van der Waals surface area contributed by atoms with Gasteiger partial charge in [0.25, 0.3) is 0 Å². The fraction of sp³-hybridized carbons (Fsp3) is 0.167. The van der Waals surface area contributed by atoms with E-state index in [4.69, 9.17) is 16.6 Å². The van der Waals surface area contributed by atoms with Crippen LogP contribution in [0.2, 0.25) is 5.02 Å². The van der Waals surface area contributed by atoms with Crippen molar-refractivity contribution in [2.75, 3.05) is 5.32 Å². The van der Waals surface area contributed by atoms with E-state index in [-0.39, 0.29) is 11.8 Å². The first-order chi connectivity index (χ1) is 14.1. The third-order valence-electron chi connectivity index (χ3n) is 5.57. The van der Waals surface area contributed by atoms with E-state index in [0.29, 0.717) is 5.02 Å². The number of allylic oxidation sites excluding steroid dienone is 6. The van der Waals surface area contributed by atoms with Crippen LogP contribution >= 0.6 is 11.6 Å². The quantitative estimate of drug-likeness (QED) is 0.601. The van der Waals surface area contributed by atoms with Gasteiger partial charge in [-0.3, -0.25) is 9.36 Å². The van der Waals surface area contributed by atoms with Crippen LogP contribution in [-0.4, -0.2) is 15.3 Å². The average Bonchev–Trinajstić information content (AvgIpc) is 3.11. The third-order valence-corrected chi connectivity index (χ3v) is 5.82. The second kappa shape index (κ2) is 7.05. The number of carbonyl (C=O) groups excluding carboxylic acids is 1. The van der Waals surface area contributed by atoms with E-state index in [1.807, 2.05) is 67.6 Å². The van der Waals surface area contributed by atoms with Crippen molar-refractivity contribution in [1.29, 1.82) is 0 Å². The van der Waals surface area contributed by atoms with Crippen molar-refractivity contribution in [3.63, 3.8) is 0 Å². The van der Waals surface area contributed by atoms with E-state index < -0.39 is 0 Å². The topological polar surface area (TPSA) is 46.9 Å². The SMILES string of the molecule is CC1=C(C(=O)C2=CC=CCC2)C(c2ccc(Cl)cc2)n2c(nc3ccccc32)N1. The van der Waals surface area contributed by atoms with Gasteiger partial charge in [0.1, 0.15) is 0 Å². The molecule has 1 aliphatic heterocycles. The summed E-state index contributed by atoms with van der Waals surface area (Å²) in [6.45, 7) is 1.96. The van der Waals surface area contributed by atoms with Gasteiger partial charge < -0.3 is 5.32 Å². The minimum Gasteiger partial charge on any atom is -0.329 e. The zero-order valence-electron chi connectivity index (χ0n) is 16.0. The summed E-state index contributed by atoms with van der Waals surface area (Å²) in [4.78, 5) is 18.4. The maximum absolute atomic E-state index is 13.6. The normalized spacial score (nSPS) is 18.4. The summed E-state index contributed by atoms with van der Waals surface area (Å²) in [7, 11) is 0. The number of halogens is 1. The van der Waals surface area contributed by atoms with Crippen molar-refractivity contribution < 1.29 is 4.79 Å². The monoisotopic (exact) mass is 401 g/mol. The minimum absolute atomic E-state index is 0.0859. The number of nitrogens with zero attached hydrogens (tertiary/aromatic N) is 2. The molecule has 0 saturated heterocycles. The molecule has 1 aromatic heterocycles. The lowest BCUT2D eigenvalue weighted by Gasteiger charge is -2.31. The fourth-order valence-electron chi connectivity index (χ4n) is 4.18. The van der Waals surface area contributed by atoms with Crippen LogP contribution in [0.25, 0.3) is 11.0 Å². The average molecular weight is 402 g/mol. The van der Waals surface area contributed by atoms with Gasteiger partial charge in [0.15, 0.2) is 5.78 Å². The number of ketones is 1. The van der Waals surface area contributed by atoms with Gasteiger partial charge in [0, 0.05) is 21.9 Å². The van der Waals surface area contributed by atoms with Gasteiger partial charge in [0.05, 0.1) is 17.1 Å². The number of nitrogens with one attached hydrogen (secondary N) is 1. The predicted molar refractivity (Wildman–Crippen MR) is 117 cm³/mol. The first kappa shape index (κ1) is 18.0. The van der Waals surface area contributed by atoms with E-state index in [2.05, 4.69) is 16.0 Å². The Kier molecular flexibility index (Phi) is 4.36. The number of para-hydroxylation sites is 2. The zero-order chi connectivity index (χ0) is 20.0. The summed E-state index contributed by atoms with van der Waals surface area (Å²) in [5.41, 5.74) is 5.34. The van der Waals surface area contributed by atoms with Gasteiger partial charge in [-0.25, -0.2) is 4.98 Å². The lowest BCUT2D eigenvalue weighted by molar-refractivity contribution is -0.112. The molecule has 4 nitrogen and oxygen atoms in total. The van der Waals surface area contributed by atoms with Crippen molar-refractivity contribution in [2.24, 2.45) is 0 Å². The second-order valence-electron chi connectivity index (χ2n) is 7.40. The number of benzene rings is 2. The van der Waals surface area contributed by atoms with Gasteiger partial charge in [0.2, 0.25) is 5.95 Å². The molecule has 1 atom stereocenters. The van der Waals surface area contributed by atoms with Crippen LogP contribution in [0.15, 0.2) is 83.6 Å². The van der Waals surface area contributed by atoms with Gasteiger partial charge in [-0.15, -0.1) is 0 Å². The van der Waals surface area contributed by atoms with Crippen LogP contribution < -0.4 is 5.32 Å². The molecule has 0 fully saturated rings. The Morgan fingerprint density at radius 2 is 1.97 bits per heavy atom. The smallest absolute Gasteiger partial charge is 0.209 e. The molecule has 0 bridgehead atoms. The van der Waals surface area contributed by atoms with Crippen LogP contribution in [0.1, 0.15) is 31.4 Å². The highest BCUT2D eigenvalue weighted by molar-refractivity contribution is 6.30. The van der Waals surface area contributed by atoms with Crippen molar-refractivity contribution in [2.45, 2.75) is 25.8 Å². The van der Waals surface area contributed by atoms with Crippen molar-refractivity contribution in [3.8, 4) is 0 Å². The number of aromatic nitrogens is 2. The molecule has 0 saturated carbocycles. The van der Waals surface area contributed by atoms with Crippen LogP contribution in [0.5, 0.6) is 0 Å². The molecule has 2 heterocycles. The van der Waals surface area contributed by atoms with Gasteiger partial charge >= 0.3 is 0 Å². The number of rotatable bonds is 3. The molecular weight excluding hydrogens is 382 g/mol. The summed E-state index contributed by atoms with van der Waals surface area (Å²) >= 11 is 6.15. The maximum atomic E-state index is 13.6. The lowest BCUT2D eigenvalue weighted by atomic mass is 9.87. The number of carbonyl (C=O) groups is 1. The Hall–Kier alpha value is -3.11. The Bertz CT molecular complexity index is 1210. The van der Waals surface area contributed by atoms with E-state index in [1.54, 1.807) is 0 Å². The van der Waals surface area contributed by atoms with Gasteiger partial charge in [-0.1, -0.05) is 54.1 Å². The van der Waals surface area contributed by atoms with Crippen molar-refractivity contribution in [1.82, 2.24) is 9.55 Å². The number of hydrogen-bond donors (Lipinski definition) is 1. The van der Waals surface area contributed by atoms with E-state index in [0.717, 1.165) is 52.2 Å². The van der Waals surface area contributed by atoms with Crippen LogP contribution in [-0.2, 0) is 4.79 Å². The molecule has 29 heavy (non-hydrogen) atoms. The fourth-order valence-corrected chi connectivity index (χ4v) is 4.31. The van der Waals surface area contributed by atoms with Crippen LogP contribution in [0.3, 0.4) is 0 Å². The Morgan fingerprint density at radius 3 is 2.72 bits per heavy atom. The summed E-state index contributed by atoms with van der Waals surface area (Å²) in [5, 5.41) is 4.04. The first-order valence-electron chi connectivity index (χ1n) is 9.74. The minimum atomic E-state index is -0.268. The lowest BCUT2D eigenvalue weighted by Crippen LogP contribution is -2.28. The molecule has 5 rings (SSSR count). The summed E-state index contributed by atoms with van der Waals surface area (Å²) < 4.78 is 2.12. The molecule has 0 spiro atoms. The zero-order valence-corrected chi connectivity index (χ0v) is 16.8. The maximum Gasteiger partial charge on any atom is 0.209 e. The number of hydrogen-bond acceptors (Lipinski definition) is 3. The highest BCUT2D eigenvalue weighted by atomic mass is 35.5. The van der Waals surface area contributed by atoms with E-state index in [1.165, 1.54) is 0 Å². The molecule has 3 aromatic rings. The molecule has 1 aliphatic carbocycles. The second-order valence-corrected chi connectivity index (χ2v) is 7.84. The molecule has 5 heteroatoms. The number of anilines is 1. The molecule has 144 valence electrons. The molecule has 0 amide bonds. The number of fused-ring (bicyclic) bond motifs is 3. The Balaban J connectivity index is 1.74. The molecular formula is C24H20ClN3O. The van der Waals surface area contributed by atoms with Gasteiger partial charge in [-0.05, 0) is 49.6 Å². The third kappa shape index (κ3) is 3.00. The predicted octanol–water partition coefficient (Wildman–Crippen LogP) is 5.82. The van der Waals surface area contributed by atoms with Gasteiger partial charge in [-0.2, -0.15) is 0 Å². The summed E-state index contributed by atoms with van der Waals surface area (Å²) in [5.74, 6) is 0.834. The van der Waals surface area contributed by atoms with E-state index >= 15 is 0 Å². The number of imidazole rings is 1. The molecule has 1 N–H and O–H groups in total. The molecule has 2 aliphatic rings. The van der Waals surface area contributed by atoms with Crippen LogP contribution in [0.4, 0.5) is 5.95 Å². The largest absolute Gasteiger partial charge is 0.329 e. The number of Topliss-reactive ketones (excluding diaryl/α,β-unsaturated/α-hetero) is 1. The summed E-state index contributed by atoms with van der Waals surface area (Å²) in [6, 6.07) is 15.5. The first-order valence-corrected chi connectivity index (χ1v) is 10.1. The van der Waals surface area contributed by atoms with Crippen molar-refractivity contribution in [3.05, 3.63) is 94.2 Å².